The molecule has 0 unspecified atom stereocenters. The van der Waals surface area contributed by atoms with Crippen molar-refractivity contribution >= 4 is 11.9 Å². The first kappa shape index (κ1) is 17.0. The Morgan fingerprint density at radius 2 is 1.85 bits per heavy atom. The summed E-state index contributed by atoms with van der Waals surface area (Å²) in [7, 11) is 0. The quantitative estimate of drug-likeness (QED) is 0.726. The van der Waals surface area contributed by atoms with Crippen LogP contribution < -0.4 is 11.1 Å². The number of esters is 1. The largest absolute Gasteiger partial charge is 0.466 e. The predicted octanol–water partition coefficient (Wildman–Crippen LogP) is 1.60. The summed E-state index contributed by atoms with van der Waals surface area (Å²) in [6, 6.07) is -0.288. The molecule has 1 fully saturated rings. The third kappa shape index (κ3) is 5.49. The average Bonchev–Trinajstić information content (AvgIpc) is 2.39. The van der Waals surface area contributed by atoms with Crippen LogP contribution >= 0.6 is 0 Å². The molecule has 0 heterocycles. The van der Waals surface area contributed by atoms with Gasteiger partial charge in [-0.3, -0.25) is 9.59 Å². The maximum absolute atomic E-state index is 11.9. The zero-order chi connectivity index (χ0) is 15.1. The SMILES string of the molecule is CCOC(=O)C1CCC(NC(=O)[C@H](N)CC(C)C)CC1. The molecule has 0 aromatic heterocycles. The highest BCUT2D eigenvalue weighted by atomic mass is 16.5. The molecule has 0 bridgehead atoms. The zero-order valence-electron chi connectivity index (χ0n) is 12.9. The molecule has 1 saturated carbocycles. The smallest absolute Gasteiger partial charge is 0.308 e. The summed E-state index contributed by atoms with van der Waals surface area (Å²) in [5.41, 5.74) is 5.86. The highest BCUT2D eigenvalue weighted by molar-refractivity contribution is 5.81. The van der Waals surface area contributed by atoms with Crippen molar-refractivity contribution in [1.82, 2.24) is 5.32 Å². The van der Waals surface area contributed by atoms with Crippen molar-refractivity contribution in [3.8, 4) is 0 Å². The highest BCUT2D eigenvalue weighted by Crippen LogP contribution is 2.25. The maximum Gasteiger partial charge on any atom is 0.308 e. The van der Waals surface area contributed by atoms with Gasteiger partial charge >= 0.3 is 5.97 Å². The fourth-order valence-corrected chi connectivity index (χ4v) is 2.66. The van der Waals surface area contributed by atoms with E-state index in [1.807, 2.05) is 6.92 Å². The van der Waals surface area contributed by atoms with Gasteiger partial charge < -0.3 is 15.8 Å². The first-order valence-corrected chi connectivity index (χ1v) is 7.66. The first-order chi connectivity index (χ1) is 9.43. The number of hydrogen-bond acceptors (Lipinski definition) is 4. The summed E-state index contributed by atoms with van der Waals surface area (Å²) in [6.07, 6.45) is 3.91. The molecular weight excluding hydrogens is 256 g/mol. The fraction of sp³-hybridized carbons (Fsp3) is 0.867. The van der Waals surface area contributed by atoms with Gasteiger partial charge in [-0.25, -0.2) is 0 Å². The van der Waals surface area contributed by atoms with Crippen molar-refractivity contribution < 1.29 is 14.3 Å². The molecule has 20 heavy (non-hydrogen) atoms. The lowest BCUT2D eigenvalue weighted by atomic mass is 9.86. The van der Waals surface area contributed by atoms with Crippen LogP contribution in [0.15, 0.2) is 0 Å². The molecule has 1 atom stereocenters. The van der Waals surface area contributed by atoms with Gasteiger partial charge in [0.1, 0.15) is 0 Å². The lowest BCUT2D eigenvalue weighted by Gasteiger charge is -2.28. The topological polar surface area (TPSA) is 81.4 Å². The van der Waals surface area contributed by atoms with Crippen molar-refractivity contribution in [2.45, 2.75) is 65.0 Å². The van der Waals surface area contributed by atoms with E-state index in [1.54, 1.807) is 0 Å². The zero-order valence-corrected chi connectivity index (χ0v) is 12.9. The highest BCUT2D eigenvalue weighted by Gasteiger charge is 2.28. The molecule has 0 radical (unpaired) electrons. The summed E-state index contributed by atoms with van der Waals surface area (Å²) in [5, 5.41) is 3.00. The molecule has 1 aliphatic carbocycles. The van der Waals surface area contributed by atoms with Crippen LogP contribution in [-0.4, -0.2) is 30.6 Å². The Hall–Kier alpha value is -1.10. The van der Waals surface area contributed by atoms with Gasteiger partial charge in [0.05, 0.1) is 18.6 Å². The molecule has 0 aromatic rings. The van der Waals surface area contributed by atoms with Gasteiger partial charge in [-0.15, -0.1) is 0 Å². The summed E-state index contributed by atoms with van der Waals surface area (Å²) in [6.45, 7) is 6.36. The van der Waals surface area contributed by atoms with Crippen LogP contribution in [0.3, 0.4) is 0 Å². The van der Waals surface area contributed by atoms with Crippen LogP contribution in [0.25, 0.3) is 0 Å². The molecule has 0 aromatic carbocycles. The van der Waals surface area contributed by atoms with E-state index in [4.69, 9.17) is 10.5 Å². The minimum absolute atomic E-state index is 0.00700. The Labute approximate surface area is 121 Å². The number of carbonyl (C=O) groups excluding carboxylic acids is 2. The second-order valence-electron chi connectivity index (χ2n) is 6.05. The summed E-state index contributed by atoms with van der Waals surface area (Å²) in [4.78, 5) is 23.6. The van der Waals surface area contributed by atoms with E-state index >= 15 is 0 Å². The molecule has 5 heteroatoms. The van der Waals surface area contributed by atoms with Gasteiger partial charge in [0, 0.05) is 6.04 Å². The second kappa shape index (κ2) is 8.25. The lowest BCUT2D eigenvalue weighted by Crippen LogP contribution is -2.47. The van der Waals surface area contributed by atoms with Crippen LogP contribution in [0.1, 0.15) is 52.9 Å². The average molecular weight is 284 g/mol. The molecular formula is C15H28N2O3. The molecule has 116 valence electrons. The summed E-state index contributed by atoms with van der Waals surface area (Å²) in [5.74, 6) is 0.231. The van der Waals surface area contributed by atoms with Gasteiger partial charge in [0.25, 0.3) is 0 Å². The minimum atomic E-state index is -0.433. The van der Waals surface area contributed by atoms with E-state index in [-0.39, 0.29) is 23.8 Å². The third-order valence-corrected chi connectivity index (χ3v) is 3.76. The van der Waals surface area contributed by atoms with Gasteiger partial charge in [0.2, 0.25) is 5.91 Å². The number of carbonyl (C=O) groups is 2. The molecule has 1 amide bonds. The van der Waals surface area contributed by atoms with E-state index in [0.29, 0.717) is 18.9 Å². The monoisotopic (exact) mass is 284 g/mol. The molecule has 0 spiro atoms. The number of hydrogen-bond donors (Lipinski definition) is 2. The molecule has 5 nitrogen and oxygen atoms in total. The van der Waals surface area contributed by atoms with E-state index in [9.17, 15) is 9.59 Å². The Bertz CT molecular complexity index is 323. The number of amides is 1. The number of ether oxygens (including phenoxy) is 1. The van der Waals surface area contributed by atoms with Crippen LogP contribution in [0.5, 0.6) is 0 Å². The minimum Gasteiger partial charge on any atom is -0.466 e. The molecule has 1 aliphatic rings. The van der Waals surface area contributed by atoms with Gasteiger partial charge in [-0.1, -0.05) is 13.8 Å². The van der Waals surface area contributed by atoms with Crippen molar-refractivity contribution in [1.29, 1.82) is 0 Å². The Kier molecular flexibility index (Phi) is 6.99. The van der Waals surface area contributed by atoms with Crippen LogP contribution in [0.2, 0.25) is 0 Å². The van der Waals surface area contributed by atoms with Crippen LogP contribution in [0.4, 0.5) is 0 Å². The molecule has 0 aliphatic heterocycles. The molecule has 0 saturated heterocycles. The van der Waals surface area contributed by atoms with Crippen molar-refractivity contribution in [3.05, 3.63) is 0 Å². The predicted molar refractivity (Wildman–Crippen MR) is 78.0 cm³/mol. The Balaban J connectivity index is 2.31. The van der Waals surface area contributed by atoms with Crippen LogP contribution in [0, 0.1) is 11.8 Å². The maximum atomic E-state index is 11.9. The van der Waals surface area contributed by atoms with Gasteiger partial charge in [-0.05, 0) is 44.9 Å². The van der Waals surface area contributed by atoms with Crippen molar-refractivity contribution in [2.75, 3.05) is 6.61 Å². The van der Waals surface area contributed by atoms with Crippen LogP contribution in [-0.2, 0) is 14.3 Å². The van der Waals surface area contributed by atoms with Gasteiger partial charge in [-0.2, -0.15) is 0 Å². The van der Waals surface area contributed by atoms with E-state index in [1.165, 1.54) is 0 Å². The van der Waals surface area contributed by atoms with E-state index < -0.39 is 6.04 Å². The number of nitrogens with one attached hydrogen (secondary N) is 1. The number of nitrogens with two attached hydrogens (primary N) is 1. The Morgan fingerprint density at radius 3 is 2.35 bits per heavy atom. The van der Waals surface area contributed by atoms with E-state index in [0.717, 1.165) is 25.7 Å². The lowest BCUT2D eigenvalue weighted by molar-refractivity contribution is -0.149. The second-order valence-corrected chi connectivity index (χ2v) is 6.05. The van der Waals surface area contributed by atoms with Crippen molar-refractivity contribution in [2.24, 2.45) is 17.6 Å². The summed E-state index contributed by atoms with van der Waals surface area (Å²) >= 11 is 0. The first-order valence-electron chi connectivity index (χ1n) is 7.66. The fourth-order valence-electron chi connectivity index (χ4n) is 2.66. The molecule has 1 rings (SSSR count). The standard InChI is InChI=1S/C15H28N2O3/c1-4-20-15(19)11-5-7-12(8-6-11)17-14(18)13(16)9-10(2)3/h10-13H,4-9,16H2,1-3H3,(H,17,18)/t11?,12?,13-/m1/s1. The van der Waals surface area contributed by atoms with Crippen molar-refractivity contribution in [3.63, 3.8) is 0 Å². The number of rotatable bonds is 6. The Morgan fingerprint density at radius 1 is 1.25 bits per heavy atom. The molecule has 3 N–H and O–H groups in total. The normalized spacial score (nSPS) is 24.2. The third-order valence-electron chi connectivity index (χ3n) is 3.76. The van der Waals surface area contributed by atoms with E-state index in [2.05, 4.69) is 19.2 Å². The van der Waals surface area contributed by atoms with Gasteiger partial charge in [0.15, 0.2) is 0 Å². The summed E-state index contributed by atoms with van der Waals surface area (Å²) < 4.78 is 5.03.